The first-order valence-electron chi connectivity index (χ1n) is 6.05. The molecule has 0 radical (unpaired) electrons. The molecule has 0 amide bonds. The molecule has 0 saturated heterocycles. The van der Waals surface area contributed by atoms with Crippen LogP contribution in [0.2, 0.25) is 0 Å². The minimum Gasteiger partial charge on any atom is -0.331 e. The van der Waals surface area contributed by atoms with Crippen molar-refractivity contribution in [1.82, 2.24) is 9.55 Å². The molecular formula is C15H18N2O. The Kier molecular flexibility index (Phi) is 3.32. The number of aryl methyl sites for hydroxylation is 4. The molecule has 0 aliphatic carbocycles. The van der Waals surface area contributed by atoms with E-state index in [4.69, 9.17) is 0 Å². The molecule has 0 aliphatic heterocycles. The van der Waals surface area contributed by atoms with Crippen LogP contribution in [-0.4, -0.2) is 15.3 Å². The fraction of sp³-hybridized carbons (Fsp3) is 0.333. The molecule has 0 aliphatic rings. The second-order valence-corrected chi connectivity index (χ2v) is 4.87. The van der Waals surface area contributed by atoms with Gasteiger partial charge in [-0.1, -0.05) is 17.7 Å². The lowest BCUT2D eigenvalue weighted by Gasteiger charge is -2.10. The average Bonchev–Trinajstić information content (AvgIpc) is 2.69. The summed E-state index contributed by atoms with van der Waals surface area (Å²) in [5, 5.41) is 0. The van der Waals surface area contributed by atoms with Crippen molar-refractivity contribution >= 4 is 5.78 Å². The van der Waals surface area contributed by atoms with Crippen LogP contribution in [0.15, 0.2) is 24.7 Å². The Morgan fingerprint density at radius 1 is 1.22 bits per heavy atom. The minimum absolute atomic E-state index is 0.116. The highest BCUT2D eigenvalue weighted by Gasteiger charge is 2.13. The third-order valence-corrected chi connectivity index (χ3v) is 3.28. The van der Waals surface area contributed by atoms with Gasteiger partial charge in [-0.3, -0.25) is 4.79 Å². The number of imidazole rings is 1. The van der Waals surface area contributed by atoms with E-state index >= 15 is 0 Å². The molecule has 0 bridgehead atoms. The lowest BCUT2D eigenvalue weighted by atomic mass is 9.95. The molecule has 0 unspecified atom stereocenters. The van der Waals surface area contributed by atoms with Gasteiger partial charge in [-0.05, 0) is 37.5 Å². The predicted molar refractivity (Wildman–Crippen MR) is 71.9 cm³/mol. The van der Waals surface area contributed by atoms with Gasteiger partial charge < -0.3 is 4.57 Å². The molecule has 0 atom stereocenters. The molecule has 0 spiro atoms. The van der Waals surface area contributed by atoms with Crippen LogP contribution in [0.1, 0.15) is 32.7 Å². The number of carbonyl (C=O) groups excluding carboxylic acids is 1. The molecule has 1 aromatic heterocycles. The molecule has 1 aromatic carbocycles. The van der Waals surface area contributed by atoms with E-state index in [2.05, 4.69) is 37.9 Å². The number of benzene rings is 1. The average molecular weight is 242 g/mol. The minimum atomic E-state index is 0.116. The van der Waals surface area contributed by atoms with Crippen molar-refractivity contribution in [3.63, 3.8) is 0 Å². The highest BCUT2D eigenvalue weighted by atomic mass is 16.1. The molecule has 1 heterocycles. The number of hydrogen-bond donors (Lipinski definition) is 0. The third-order valence-electron chi connectivity index (χ3n) is 3.28. The number of Topliss-reactive ketones (excluding diaryl/α,β-unsaturated/α-hetero) is 1. The normalized spacial score (nSPS) is 10.7. The van der Waals surface area contributed by atoms with Crippen LogP contribution < -0.4 is 0 Å². The summed E-state index contributed by atoms with van der Waals surface area (Å²) in [5.41, 5.74) is 5.40. The first-order valence-corrected chi connectivity index (χ1v) is 6.05. The smallest absolute Gasteiger partial charge is 0.185 e. The van der Waals surface area contributed by atoms with Crippen LogP contribution in [-0.2, 0) is 13.5 Å². The Morgan fingerprint density at radius 3 is 2.33 bits per heavy atom. The maximum absolute atomic E-state index is 12.2. The molecule has 3 heteroatoms. The van der Waals surface area contributed by atoms with E-state index in [-0.39, 0.29) is 5.78 Å². The lowest BCUT2D eigenvalue weighted by Crippen LogP contribution is -2.10. The first-order chi connectivity index (χ1) is 8.49. The molecule has 0 fully saturated rings. The molecule has 3 nitrogen and oxygen atoms in total. The van der Waals surface area contributed by atoms with Gasteiger partial charge >= 0.3 is 0 Å². The number of carbonyl (C=O) groups is 1. The number of rotatable bonds is 3. The Labute approximate surface area is 107 Å². The van der Waals surface area contributed by atoms with Crippen molar-refractivity contribution in [3.05, 3.63) is 52.6 Å². The summed E-state index contributed by atoms with van der Waals surface area (Å²) < 4.78 is 1.77. The summed E-state index contributed by atoms with van der Waals surface area (Å²) in [7, 11) is 1.84. The molecule has 94 valence electrons. The molecule has 18 heavy (non-hydrogen) atoms. The molecule has 2 rings (SSSR count). The van der Waals surface area contributed by atoms with Crippen molar-refractivity contribution in [2.24, 2.45) is 7.05 Å². The van der Waals surface area contributed by atoms with Crippen LogP contribution in [0.5, 0.6) is 0 Å². The van der Waals surface area contributed by atoms with E-state index in [0.29, 0.717) is 12.1 Å². The van der Waals surface area contributed by atoms with Crippen LogP contribution in [0.25, 0.3) is 0 Å². The largest absolute Gasteiger partial charge is 0.331 e. The van der Waals surface area contributed by atoms with Crippen LogP contribution in [0.4, 0.5) is 0 Å². The monoisotopic (exact) mass is 242 g/mol. The van der Waals surface area contributed by atoms with Gasteiger partial charge in [0.05, 0.1) is 12.5 Å². The van der Waals surface area contributed by atoms with Gasteiger partial charge in [-0.25, -0.2) is 4.98 Å². The zero-order valence-electron chi connectivity index (χ0n) is 11.3. The van der Waals surface area contributed by atoms with Gasteiger partial charge in [0.2, 0.25) is 0 Å². The number of hydrogen-bond acceptors (Lipinski definition) is 2. The van der Waals surface area contributed by atoms with Gasteiger partial charge in [0.25, 0.3) is 0 Å². The maximum Gasteiger partial charge on any atom is 0.185 e. The number of ketones is 1. The van der Waals surface area contributed by atoms with Gasteiger partial charge in [-0.15, -0.1) is 0 Å². The van der Waals surface area contributed by atoms with Gasteiger partial charge in [0.15, 0.2) is 5.78 Å². The predicted octanol–water partition coefficient (Wildman–Crippen LogP) is 2.77. The van der Waals surface area contributed by atoms with Gasteiger partial charge in [0, 0.05) is 13.5 Å². The second-order valence-electron chi connectivity index (χ2n) is 4.87. The van der Waals surface area contributed by atoms with Gasteiger partial charge in [0.1, 0.15) is 5.69 Å². The Morgan fingerprint density at radius 2 is 1.83 bits per heavy atom. The van der Waals surface area contributed by atoms with E-state index in [9.17, 15) is 4.79 Å². The Balaban J connectivity index is 2.31. The van der Waals surface area contributed by atoms with Crippen molar-refractivity contribution in [2.75, 3.05) is 0 Å². The van der Waals surface area contributed by atoms with Crippen LogP contribution in [0, 0.1) is 20.8 Å². The van der Waals surface area contributed by atoms with E-state index < -0.39 is 0 Å². The standard InChI is InChI=1S/C15H18N2O/c1-10-5-11(2)13(12(3)6-10)7-15(18)14-8-16-9-17(14)4/h5-6,8-9H,7H2,1-4H3. The van der Waals surface area contributed by atoms with Crippen molar-refractivity contribution in [3.8, 4) is 0 Å². The summed E-state index contributed by atoms with van der Waals surface area (Å²) in [6, 6.07) is 4.25. The van der Waals surface area contributed by atoms with E-state index in [0.717, 1.165) is 5.56 Å². The topological polar surface area (TPSA) is 34.9 Å². The fourth-order valence-electron chi connectivity index (χ4n) is 2.37. The molecule has 0 N–H and O–H groups in total. The number of nitrogens with zero attached hydrogens (tertiary/aromatic N) is 2. The Hall–Kier alpha value is -1.90. The highest BCUT2D eigenvalue weighted by Crippen LogP contribution is 2.18. The van der Waals surface area contributed by atoms with E-state index in [1.807, 2.05) is 7.05 Å². The Bertz CT molecular complexity index is 573. The zero-order valence-corrected chi connectivity index (χ0v) is 11.3. The molecule has 0 saturated carbocycles. The summed E-state index contributed by atoms with van der Waals surface area (Å²) >= 11 is 0. The van der Waals surface area contributed by atoms with Crippen molar-refractivity contribution < 1.29 is 4.79 Å². The third kappa shape index (κ3) is 2.35. The van der Waals surface area contributed by atoms with E-state index in [1.54, 1.807) is 17.1 Å². The molecule has 2 aromatic rings. The molecular weight excluding hydrogens is 224 g/mol. The SMILES string of the molecule is Cc1cc(C)c(CC(=O)c2cncn2C)c(C)c1. The second kappa shape index (κ2) is 4.77. The van der Waals surface area contributed by atoms with Crippen molar-refractivity contribution in [2.45, 2.75) is 27.2 Å². The zero-order chi connectivity index (χ0) is 13.3. The fourth-order valence-corrected chi connectivity index (χ4v) is 2.37. The number of aromatic nitrogens is 2. The highest BCUT2D eigenvalue weighted by molar-refractivity contribution is 5.96. The summed E-state index contributed by atoms with van der Waals surface area (Å²) in [6.07, 6.45) is 3.72. The van der Waals surface area contributed by atoms with Crippen LogP contribution >= 0.6 is 0 Å². The van der Waals surface area contributed by atoms with E-state index in [1.165, 1.54) is 16.7 Å². The summed E-state index contributed by atoms with van der Waals surface area (Å²) in [4.78, 5) is 16.2. The summed E-state index contributed by atoms with van der Waals surface area (Å²) in [6.45, 7) is 6.20. The maximum atomic E-state index is 12.2. The summed E-state index contributed by atoms with van der Waals surface area (Å²) in [5.74, 6) is 0.116. The van der Waals surface area contributed by atoms with Crippen molar-refractivity contribution in [1.29, 1.82) is 0 Å². The van der Waals surface area contributed by atoms with Crippen LogP contribution in [0.3, 0.4) is 0 Å². The lowest BCUT2D eigenvalue weighted by molar-refractivity contribution is 0.0985. The van der Waals surface area contributed by atoms with Gasteiger partial charge in [-0.2, -0.15) is 0 Å². The quantitative estimate of drug-likeness (QED) is 0.776. The first kappa shape index (κ1) is 12.6.